The van der Waals surface area contributed by atoms with Crippen LogP contribution < -0.4 is 8.92 Å². The van der Waals surface area contributed by atoms with Gasteiger partial charge in [0.2, 0.25) is 10.0 Å². The smallest absolute Gasteiger partial charge is 0.339 e. The van der Waals surface area contributed by atoms with Gasteiger partial charge in [0.05, 0.1) is 12.0 Å². The van der Waals surface area contributed by atoms with E-state index >= 15 is 0 Å². The summed E-state index contributed by atoms with van der Waals surface area (Å²) in [6, 6.07) is 11.3. The van der Waals surface area contributed by atoms with Crippen LogP contribution in [0, 0.1) is 0 Å². The summed E-state index contributed by atoms with van der Waals surface area (Å²) in [5.41, 5.74) is 0. The Labute approximate surface area is 154 Å². The lowest BCUT2D eigenvalue weighted by Crippen LogP contribution is -2.30. The minimum absolute atomic E-state index is 0.0254. The Kier molecular flexibility index (Phi) is 6.27. The largest absolute Gasteiger partial charge is 0.493 e. The molecule has 0 bridgehead atoms. The molecule has 9 heteroatoms. The molecule has 0 unspecified atom stereocenters. The van der Waals surface area contributed by atoms with Crippen LogP contribution in [0.4, 0.5) is 0 Å². The first kappa shape index (κ1) is 20.2. The Balaban J connectivity index is 2.32. The van der Waals surface area contributed by atoms with E-state index in [2.05, 4.69) is 0 Å². The van der Waals surface area contributed by atoms with Gasteiger partial charge in [-0.3, -0.25) is 0 Å². The van der Waals surface area contributed by atoms with Crippen molar-refractivity contribution < 1.29 is 25.8 Å². The molecule has 142 valence electrons. The van der Waals surface area contributed by atoms with Crippen LogP contribution in [-0.4, -0.2) is 41.3 Å². The highest BCUT2D eigenvalue weighted by molar-refractivity contribution is 7.89. The Bertz CT molecular complexity index is 949. The van der Waals surface area contributed by atoms with Crippen molar-refractivity contribution >= 4 is 20.1 Å². The SMILES string of the molecule is CCN(CC)S(=O)(=O)c1ccc(S(=O)(=O)Oc2ccccc2OC)cc1. The van der Waals surface area contributed by atoms with Gasteiger partial charge in [-0.15, -0.1) is 0 Å². The zero-order valence-electron chi connectivity index (χ0n) is 14.7. The molecule has 0 atom stereocenters. The first-order valence-corrected chi connectivity index (χ1v) is 10.8. The monoisotopic (exact) mass is 399 g/mol. The molecule has 2 aromatic carbocycles. The van der Waals surface area contributed by atoms with Gasteiger partial charge >= 0.3 is 10.1 Å². The van der Waals surface area contributed by atoms with Gasteiger partial charge in [-0.05, 0) is 36.4 Å². The second-order valence-corrected chi connectivity index (χ2v) is 8.73. The quantitative estimate of drug-likeness (QED) is 0.634. The number of rotatable bonds is 8. The van der Waals surface area contributed by atoms with Crippen LogP contribution in [0.15, 0.2) is 58.3 Å². The molecule has 0 fully saturated rings. The molecule has 0 radical (unpaired) electrons. The second kappa shape index (κ2) is 8.07. The Hall–Kier alpha value is -2.10. The zero-order valence-corrected chi connectivity index (χ0v) is 16.4. The van der Waals surface area contributed by atoms with Gasteiger partial charge in [0.25, 0.3) is 0 Å². The lowest BCUT2D eigenvalue weighted by molar-refractivity contribution is 0.390. The summed E-state index contributed by atoms with van der Waals surface area (Å²) in [5.74, 6) is 0.326. The standard InChI is InChI=1S/C17H21NO6S2/c1-4-18(5-2)25(19,20)14-10-12-15(13-11-14)26(21,22)24-17-9-7-6-8-16(17)23-3/h6-13H,4-5H2,1-3H3. The van der Waals surface area contributed by atoms with E-state index in [0.29, 0.717) is 13.1 Å². The number of hydrogen-bond donors (Lipinski definition) is 0. The van der Waals surface area contributed by atoms with Gasteiger partial charge in [0, 0.05) is 13.1 Å². The molecule has 7 nitrogen and oxygen atoms in total. The average Bonchev–Trinajstić information content (AvgIpc) is 2.63. The minimum Gasteiger partial charge on any atom is -0.493 e. The molecule has 0 N–H and O–H groups in total. The van der Waals surface area contributed by atoms with Gasteiger partial charge in [-0.1, -0.05) is 26.0 Å². The van der Waals surface area contributed by atoms with Crippen LogP contribution in [-0.2, 0) is 20.1 Å². The zero-order chi connectivity index (χ0) is 19.4. The lowest BCUT2D eigenvalue weighted by Gasteiger charge is -2.18. The number of para-hydroxylation sites is 2. The molecule has 0 amide bonds. The molecule has 0 aromatic heterocycles. The highest BCUT2D eigenvalue weighted by Gasteiger charge is 2.24. The molecule has 0 aliphatic carbocycles. The van der Waals surface area contributed by atoms with Crippen molar-refractivity contribution in [3.63, 3.8) is 0 Å². The van der Waals surface area contributed by atoms with Gasteiger partial charge in [-0.25, -0.2) is 8.42 Å². The number of methoxy groups -OCH3 is 1. The maximum Gasteiger partial charge on any atom is 0.339 e. The van der Waals surface area contributed by atoms with E-state index in [9.17, 15) is 16.8 Å². The summed E-state index contributed by atoms with van der Waals surface area (Å²) in [4.78, 5) is -0.126. The maximum atomic E-state index is 12.5. The van der Waals surface area contributed by atoms with Gasteiger partial charge < -0.3 is 8.92 Å². The van der Waals surface area contributed by atoms with E-state index in [1.807, 2.05) is 0 Å². The van der Waals surface area contributed by atoms with Crippen molar-refractivity contribution in [2.24, 2.45) is 0 Å². The maximum absolute atomic E-state index is 12.5. The number of benzene rings is 2. The molecule has 0 saturated carbocycles. The van der Waals surface area contributed by atoms with Crippen molar-refractivity contribution in [3.8, 4) is 11.5 Å². The summed E-state index contributed by atoms with van der Waals surface area (Å²) in [6.45, 7) is 4.13. The summed E-state index contributed by atoms with van der Waals surface area (Å²) in [6.07, 6.45) is 0. The van der Waals surface area contributed by atoms with Gasteiger partial charge in [0.15, 0.2) is 11.5 Å². The Morgan fingerprint density at radius 3 is 1.81 bits per heavy atom. The van der Waals surface area contributed by atoms with Crippen LogP contribution in [0.2, 0.25) is 0 Å². The van der Waals surface area contributed by atoms with Crippen molar-refractivity contribution in [1.82, 2.24) is 4.31 Å². The minimum atomic E-state index is -4.13. The first-order valence-electron chi connectivity index (χ1n) is 7.94. The van der Waals surface area contributed by atoms with Crippen LogP contribution >= 0.6 is 0 Å². The van der Waals surface area contributed by atoms with Crippen LogP contribution in [0.5, 0.6) is 11.5 Å². The third-order valence-corrected chi connectivity index (χ3v) is 7.04. The third-order valence-electron chi connectivity index (χ3n) is 3.72. The summed E-state index contributed by atoms with van der Waals surface area (Å²) >= 11 is 0. The Morgan fingerprint density at radius 1 is 0.808 bits per heavy atom. The van der Waals surface area contributed by atoms with Gasteiger partial charge in [-0.2, -0.15) is 12.7 Å². The van der Waals surface area contributed by atoms with Crippen LogP contribution in [0.25, 0.3) is 0 Å². The average molecular weight is 399 g/mol. The van der Waals surface area contributed by atoms with Crippen molar-refractivity contribution in [3.05, 3.63) is 48.5 Å². The van der Waals surface area contributed by atoms with Gasteiger partial charge in [0.1, 0.15) is 4.90 Å². The number of hydrogen-bond acceptors (Lipinski definition) is 6. The predicted molar refractivity (Wildman–Crippen MR) is 97.4 cm³/mol. The van der Waals surface area contributed by atoms with E-state index in [4.69, 9.17) is 8.92 Å². The predicted octanol–water partition coefficient (Wildman–Crippen LogP) is 2.49. The van der Waals surface area contributed by atoms with E-state index < -0.39 is 20.1 Å². The third kappa shape index (κ3) is 4.17. The van der Waals surface area contributed by atoms with Crippen molar-refractivity contribution in [2.75, 3.05) is 20.2 Å². The fourth-order valence-electron chi connectivity index (χ4n) is 2.34. The lowest BCUT2D eigenvalue weighted by atomic mass is 10.3. The summed E-state index contributed by atoms with van der Waals surface area (Å²) in [5, 5.41) is 0. The first-order chi connectivity index (χ1) is 12.3. The fourth-order valence-corrected chi connectivity index (χ4v) is 4.74. The molecule has 0 spiro atoms. The highest BCUT2D eigenvalue weighted by atomic mass is 32.2. The van der Waals surface area contributed by atoms with Crippen molar-refractivity contribution in [1.29, 1.82) is 0 Å². The van der Waals surface area contributed by atoms with Crippen LogP contribution in [0.3, 0.4) is 0 Å². The number of sulfonamides is 1. The summed E-state index contributed by atoms with van der Waals surface area (Å²) in [7, 11) is -6.38. The van der Waals surface area contributed by atoms with E-state index in [1.54, 1.807) is 32.0 Å². The van der Waals surface area contributed by atoms with E-state index in [0.717, 1.165) is 0 Å². The number of nitrogens with zero attached hydrogens (tertiary/aromatic N) is 1. The normalized spacial score (nSPS) is 12.2. The number of ether oxygens (including phenoxy) is 1. The summed E-state index contributed by atoms with van der Waals surface area (Å²) < 4.78 is 61.3. The molecule has 2 aromatic rings. The molecule has 26 heavy (non-hydrogen) atoms. The molecular formula is C17H21NO6S2. The fraction of sp³-hybridized carbons (Fsp3) is 0.294. The molecule has 2 rings (SSSR count). The molecule has 0 aliphatic rings. The molecule has 0 saturated heterocycles. The van der Waals surface area contributed by atoms with Crippen LogP contribution in [0.1, 0.15) is 13.8 Å². The Morgan fingerprint density at radius 2 is 1.31 bits per heavy atom. The topological polar surface area (TPSA) is 90.0 Å². The second-order valence-electron chi connectivity index (χ2n) is 5.25. The van der Waals surface area contributed by atoms with Crippen molar-refractivity contribution in [2.45, 2.75) is 23.6 Å². The molecular weight excluding hydrogens is 378 g/mol. The highest BCUT2D eigenvalue weighted by Crippen LogP contribution is 2.29. The molecule has 0 heterocycles. The molecule has 0 aliphatic heterocycles. The van der Waals surface area contributed by atoms with E-state index in [-0.39, 0.29) is 21.3 Å². The van der Waals surface area contributed by atoms with E-state index in [1.165, 1.54) is 41.7 Å².